The minimum atomic E-state index is -5.89. The lowest BCUT2D eigenvalue weighted by Gasteiger charge is -2.38. The van der Waals surface area contributed by atoms with Gasteiger partial charge in [0.25, 0.3) is 11.6 Å². The maximum absolute atomic E-state index is 13.6. The Bertz CT molecular complexity index is 874. The summed E-state index contributed by atoms with van der Waals surface area (Å²) < 4.78 is 91.9. The number of carbonyl (C=O) groups is 1. The summed E-state index contributed by atoms with van der Waals surface area (Å²) in [7, 11) is 2.72. The number of alkyl halides is 6. The maximum atomic E-state index is 13.6. The summed E-state index contributed by atoms with van der Waals surface area (Å²) in [6.07, 6.45) is -9.92. The molecule has 1 aromatic carbocycles. The standard InChI is InChI=1S/C19H19F6N3O3/c1-30-14-6-5-12(10-15(14)31-2)7-9-27-17(18(20,21)22,19(23,24)25)28-16(29)13-4-3-8-26-11-13/h3-6,8,10-11,27H,7,9H2,1-2H3,(H,28,29). The van der Waals surface area contributed by atoms with Crippen LogP contribution in [0, 0.1) is 0 Å². The second-order valence-corrected chi connectivity index (χ2v) is 6.31. The van der Waals surface area contributed by atoms with Crippen LogP contribution in [0.25, 0.3) is 0 Å². The number of methoxy groups -OCH3 is 2. The van der Waals surface area contributed by atoms with Gasteiger partial charge in [0.05, 0.1) is 19.8 Å². The van der Waals surface area contributed by atoms with Crippen LogP contribution in [0.3, 0.4) is 0 Å². The van der Waals surface area contributed by atoms with Crippen molar-refractivity contribution in [1.29, 1.82) is 0 Å². The summed E-state index contributed by atoms with van der Waals surface area (Å²) in [4.78, 5) is 15.6. The van der Waals surface area contributed by atoms with E-state index in [4.69, 9.17) is 9.47 Å². The number of benzene rings is 1. The Morgan fingerprint density at radius 2 is 1.65 bits per heavy atom. The van der Waals surface area contributed by atoms with Gasteiger partial charge in [-0.25, -0.2) is 0 Å². The van der Waals surface area contributed by atoms with Crippen LogP contribution in [0.1, 0.15) is 15.9 Å². The van der Waals surface area contributed by atoms with E-state index in [-0.39, 0.29) is 12.2 Å². The number of nitrogens with one attached hydrogen (secondary N) is 2. The first-order valence-electron chi connectivity index (χ1n) is 8.77. The molecule has 6 nitrogen and oxygen atoms in total. The Morgan fingerprint density at radius 1 is 1.00 bits per heavy atom. The average molecular weight is 451 g/mol. The van der Waals surface area contributed by atoms with Crippen molar-refractivity contribution in [3.63, 3.8) is 0 Å². The average Bonchev–Trinajstić information content (AvgIpc) is 2.71. The van der Waals surface area contributed by atoms with E-state index in [0.29, 0.717) is 11.3 Å². The molecule has 2 aromatic rings. The first kappa shape index (κ1) is 24.3. The summed E-state index contributed by atoms with van der Waals surface area (Å²) in [5, 5.41) is 2.52. The third kappa shape index (κ3) is 5.37. The van der Waals surface area contributed by atoms with Gasteiger partial charge >= 0.3 is 12.4 Å². The van der Waals surface area contributed by atoms with E-state index in [0.717, 1.165) is 17.6 Å². The minimum absolute atomic E-state index is 0.225. The van der Waals surface area contributed by atoms with Crippen LogP contribution >= 0.6 is 0 Å². The summed E-state index contributed by atoms with van der Waals surface area (Å²) in [6.45, 7) is -0.762. The zero-order chi connectivity index (χ0) is 23.3. The van der Waals surface area contributed by atoms with Crippen LogP contribution in [0.15, 0.2) is 42.7 Å². The first-order chi connectivity index (χ1) is 14.4. The van der Waals surface area contributed by atoms with Gasteiger partial charge in [-0.2, -0.15) is 26.3 Å². The lowest BCUT2D eigenvalue weighted by atomic mass is 10.1. The molecule has 1 heterocycles. The third-order valence-corrected chi connectivity index (χ3v) is 4.33. The molecule has 2 rings (SSSR count). The molecule has 12 heteroatoms. The smallest absolute Gasteiger partial charge is 0.434 e. The zero-order valence-electron chi connectivity index (χ0n) is 16.4. The van der Waals surface area contributed by atoms with Crippen molar-refractivity contribution in [3.05, 3.63) is 53.9 Å². The first-order valence-corrected chi connectivity index (χ1v) is 8.77. The molecule has 2 N–H and O–H groups in total. The molecule has 0 radical (unpaired) electrons. The van der Waals surface area contributed by atoms with Gasteiger partial charge in [-0.05, 0) is 36.2 Å². The van der Waals surface area contributed by atoms with E-state index in [1.54, 1.807) is 0 Å². The van der Waals surface area contributed by atoms with Crippen LogP contribution in [-0.2, 0) is 6.42 Å². The van der Waals surface area contributed by atoms with E-state index >= 15 is 0 Å². The Balaban J connectivity index is 2.28. The SMILES string of the molecule is COc1ccc(CCNC(NC(=O)c2cccnc2)(C(F)(F)F)C(F)(F)F)cc1OC. The summed E-state index contributed by atoms with van der Waals surface area (Å²) in [5.41, 5.74) is -4.73. The molecule has 31 heavy (non-hydrogen) atoms. The number of hydrogen-bond donors (Lipinski definition) is 2. The predicted molar refractivity (Wildman–Crippen MR) is 97.8 cm³/mol. The van der Waals surface area contributed by atoms with Crippen LogP contribution in [0.5, 0.6) is 11.5 Å². The van der Waals surface area contributed by atoms with Crippen molar-refractivity contribution in [2.24, 2.45) is 0 Å². The molecule has 0 spiro atoms. The van der Waals surface area contributed by atoms with E-state index in [9.17, 15) is 31.1 Å². The third-order valence-electron chi connectivity index (χ3n) is 4.33. The van der Waals surface area contributed by atoms with E-state index < -0.39 is 36.0 Å². The van der Waals surface area contributed by atoms with Gasteiger partial charge in [0.15, 0.2) is 11.5 Å². The molecule has 170 valence electrons. The fraction of sp³-hybridized carbons (Fsp3) is 0.368. The second-order valence-electron chi connectivity index (χ2n) is 6.31. The molecular weight excluding hydrogens is 432 g/mol. The van der Waals surface area contributed by atoms with Gasteiger partial charge in [0.2, 0.25) is 0 Å². The summed E-state index contributed by atoms with van der Waals surface area (Å²) >= 11 is 0. The van der Waals surface area contributed by atoms with Gasteiger partial charge in [-0.15, -0.1) is 0 Å². The molecular formula is C19H19F6N3O3. The van der Waals surface area contributed by atoms with Crippen LogP contribution < -0.4 is 20.1 Å². The van der Waals surface area contributed by atoms with Crippen molar-refractivity contribution in [1.82, 2.24) is 15.6 Å². The second kappa shape index (κ2) is 9.41. The number of hydrogen-bond acceptors (Lipinski definition) is 5. The molecule has 0 aliphatic heterocycles. The van der Waals surface area contributed by atoms with Crippen LogP contribution in [-0.4, -0.2) is 49.7 Å². The Labute approximate surface area is 173 Å². The highest BCUT2D eigenvalue weighted by Crippen LogP contribution is 2.41. The van der Waals surface area contributed by atoms with E-state index in [1.165, 1.54) is 50.0 Å². The van der Waals surface area contributed by atoms with E-state index in [1.807, 2.05) is 0 Å². The molecule has 0 aliphatic carbocycles. The monoisotopic (exact) mass is 451 g/mol. The van der Waals surface area contributed by atoms with Crippen molar-refractivity contribution in [2.75, 3.05) is 20.8 Å². The number of halogens is 6. The molecule has 0 atom stereocenters. The van der Waals surface area contributed by atoms with Crippen molar-refractivity contribution in [2.45, 2.75) is 24.4 Å². The van der Waals surface area contributed by atoms with Crippen LogP contribution in [0.2, 0.25) is 0 Å². The summed E-state index contributed by atoms with van der Waals surface area (Å²) in [6, 6.07) is 6.63. The molecule has 0 unspecified atom stereocenters. The highest BCUT2D eigenvalue weighted by Gasteiger charge is 2.72. The molecule has 0 bridgehead atoms. The Morgan fingerprint density at radius 3 is 2.16 bits per heavy atom. The van der Waals surface area contributed by atoms with Crippen molar-refractivity contribution >= 4 is 5.91 Å². The number of pyridine rings is 1. The molecule has 0 saturated carbocycles. The topological polar surface area (TPSA) is 72.5 Å². The number of rotatable bonds is 8. The fourth-order valence-electron chi connectivity index (χ4n) is 2.72. The normalized spacial score (nSPS) is 12.4. The molecule has 1 aromatic heterocycles. The lowest BCUT2D eigenvalue weighted by molar-refractivity contribution is -0.314. The number of ether oxygens (including phenoxy) is 2. The largest absolute Gasteiger partial charge is 0.493 e. The van der Waals surface area contributed by atoms with Crippen molar-refractivity contribution < 1.29 is 40.6 Å². The van der Waals surface area contributed by atoms with Gasteiger partial charge in [-0.1, -0.05) is 6.07 Å². The van der Waals surface area contributed by atoms with Gasteiger partial charge in [-0.3, -0.25) is 15.1 Å². The lowest BCUT2D eigenvalue weighted by Crippen LogP contribution is -2.75. The molecule has 0 saturated heterocycles. The zero-order valence-corrected chi connectivity index (χ0v) is 16.4. The number of carbonyl (C=O) groups excluding carboxylic acids is 1. The highest BCUT2D eigenvalue weighted by atomic mass is 19.4. The van der Waals surface area contributed by atoms with Crippen molar-refractivity contribution in [3.8, 4) is 11.5 Å². The quantitative estimate of drug-likeness (QED) is 0.475. The maximum Gasteiger partial charge on any atom is 0.434 e. The van der Waals surface area contributed by atoms with Gasteiger partial charge in [0, 0.05) is 18.9 Å². The fourth-order valence-corrected chi connectivity index (χ4v) is 2.72. The predicted octanol–water partition coefficient (Wildman–Crippen LogP) is 3.48. The van der Waals surface area contributed by atoms with Crippen LogP contribution in [0.4, 0.5) is 26.3 Å². The summed E-state index contributed by atoms with van der Waals surface area (Å²) in [5.74, 6) is -0.966. The Hall–Kier alpha value is -3.02. The number of amides is 1. The minimum Gasteiger partial charge on any atom is -0.493 e. The Kier molecular flexibility index (Phi) is 7.37. The highest BCUT2D eigenvalue weighted by molar-refractivity contribution is 5.94. The molecule has 0 fully saturated rings. The number of nitrogens with zero attached hydrogens (tertiary/aromatic N) is 1. The van der Waals surface area contributed by atoms with Gasteiger partial charge in [0.1, 0.15) is 0 Å². The molecule has 1 amide bonds. The van der Waals surface area contributed by atoms with Gasteiger partial charge < -0.3 is 14.8 Å². The van der Waals surface area contributed by atoms with E-state index in [2.05, 4.69) is 4.98 Å². The number of aromatic nitrogens is 1. The molecule has 0 aliphatic rings.